The van der Waals surface area contributed by atoms with Gasteiger partial charge in [0.25, 0.3) is 0 Å². The van der Waals surface area contributed by atoms with Crippen LogP contribution < -0.4 is 10.9 Å². The molecule has 6 heterocycles. The van der Waals surface area contributed by atoms with Crippen molar-refractivity contribution in [3.05, 3.63) is 83.6 Å². The van der Waals surface area contributed by atoms with Crippen LogP contribution >= 0.6 is 0 Å². The number of nitrogens with one attached hydrogen (secondary N) is 4. The minimum absolute atomic E-state index is 0.915. The Morgan fingerprint density at radius 3 is 1.48 bits per heavy atom. The van der Waals surface area contributed by atoms with Gasteiger partial charge in [0.2, 0.25) is 0 Å². The van der Waals surface area contributed by atoms with Crippen molar-refractivity contribution in [2.45, 2.75) is 0 Å². The lowest BCUT2D eigenvalue weighted by molar-refractivity contribution is 0.727. The highest BCUT2D eigenvalue weighted by molar-refractivity contribution is 5.77. The predicted octanol–water partition coefficient (Wildman–Crippen LogP) is 4.26. The number of hydrogen-bond acceptors (Lipinski definition) is 4. The molecular weight excluding hydrogens is 360 g/mol. The molecule has 4 N–H and O–H groups in total. The first-order chi connectivity index (χ1) is 14.3. The van der Waals surface area contributed by atoms with Gasteiger partial charge in [-0.2, -0.15) is 0 Å². The first kappa shape index (κ1) is 17.2. The van der Waals surface area contributed by atoms with Crippen molar-refractivity contribution in [1.29, 1.82) is 0 Å². The Balaban J connectivity index is 0.000000319. The van der Waals surface area contributed by atoms with Gasteiger partial charge in [-0.15, -0.1) is 0 Å². The normalized spacial score (nSPS) is 13.8. The van der Waals surface area contributed by atoms with Crippen molar-refractivity contribution >= 4 is 46.4 Å². The first-order valence-corrected chi connectivity index (χ1v) is 9.48. The minimum Gasteiger partial charge on any atom is -0.355 e. The lowest BCUT2D eigenvalue weighted by Gasteiger charge is -1.86. The van der Waals surface area contributed by atoms with Gasteiger partial charge in [0.05, 0.1) is 22.8 Å². The fraction of sp³-hybridized carbons (Fsp3) is 0.0435. The van der Waals surface area contributed by atoms with Gasteiger partial charge in [0, 0.05) is 34.8 Å². The van der Waals surface area contributed by atoms with Gasteiger partial charge in [0.1, 0.15) is 0 Å². The molecule has 142 valence electrons. The van der Waals surface area contributed by atoms with Crippen LogP contribution in [0.1, 0.15) is 22.8 Å². The number of fused-ring (bicyclic) bond motifs is 8. The molecule has 0 amide bonds. The van der Waals surface area contributed by atoms with Gasteiger partial charge in [-0.25, -0.2) is 15.4 Å². The Labute approximate surface area is 167 Å². The summed E-state index contributed by atoms with van der Waals surface area (Å²) in [6.07, 6.45) is 11.9. The van der Waals surface area contributed by atoms with Gasteiger partial charge < -0.3 is 15.4 Å². The fourth-order valence-corrected chi connectivity index (χ4v) is 3.24. The molecule has 0 radical (unpaired) electrons. The van der Waals surface area contributed by atoms with E-state index in [2.05, 4.69) is 61.1 Å². The monoisotopic (exact) mass is 380 g/mol. The number of aromatic nitrogens is 4. The lowest BCUT2D eigenvalue weighted by Crippen LogP contribution is -2.19. The van der Waals surface area contributed by atoms with Crippen molar-refractivity contribution in [3.63, 3.8) is 0 Å². The second-order valence-electron chi connectivity index (χ2n) is 6.83. The van der Waals surface area contributed by atoms with Gasteiger partial charge >= 0.3 is 0 Å². The van der Waals surface area contributed by atoms with Gasteiger partial charge in [-0.3, -0.25) is 0 Å². The number of nitrogens with zero attached hydrogens (tertiary/aromatic N) is 2. The maximum absolute atomic E-state index is 4.62. The topological polar surface area (TPSA) is 81.4 Å². The second kappa shape index (κ2) is 7.61. The summed E-state index contributed by atoms with van der Waals surface area (Å²) in [5.41, 5.74) is 13.5. The predicted molar refractivity (Wildman–Crippen MR) is 119 cm³/mol. The summed E-state index contributed by atoms with van der Waals surface area (Å²) in [5, 5.41) is 0. The maximum atomic E-state index is 4.62. The summed E-state index contributed by atoms with van der Waals surface area (Å²) >= 11 is 0. The van der Waals surface area contributed by atoms with E-state index in [-0.39, 0.29) is 0 Å². The minimum atomic E-state index is 0.915. The van der Waals surface area contributed by atoms with E-state index < -0.39 is 0 Å². The van der Waals surface area contributed by atoms with E-state index in [0.717, 1.165) is 51.4 Å². The molecule has 0 saturated heterocycles. The summed E-state index contributed by atoms with van der Waals surface area (Å²) < 4.78 is 0. The van der Waals surface area contributed by atoms with E-state index >= 15 is 0 Å². The smallest absolute Gasteiger partial charge is 0.0659 e. The van der Waals surface area contributed by atoms with Gasteiger partial charge in [0.15, 0.2) is 0 Å². The van der Waals surface area contributed by atoms with E-state index in [1.807, 2.05) is 54.8 Å². The molecule has 0 saturated carbocycles. The number of H-pyrrole nitrogens is 2. The second-order valence-corrected chi connectivity index (χ2v) is 6.83. The highest BCUT2D eigenvalue weighted by Crippen LogP contribution is 2.17. The highest BCUT2D eigenvalue weighted by Gasteiger charge is 2.02. The molecule has 29 heavy (non-hydrogen) atoms. The van der Waals surface area contributed by atoms with E-state index in [9.17, 15) is 0 Å². The average molecular weight is 380 g/mol. The van der Waals surface area contributed by atoms with E-state index in [1.54, 1.807) is 0 Å². The van der Waals surface area contributed by atoms with Crippen LogP contribution in [0.4, 0.5) is 0 Å². The third kappa shape index (κ3) is 4.17. The third-order valence-electron chi connectivity index (χ3n) is 4.57. The van der Waals surface area contributed by atoms with Crippen molar-refractivity contribution in [3.8, 4) is 0 Å². The largest absolute Gasteiger partial charge is 0.355 e. The van der Waals surface area contributed by atoms with Crippen molar-refractivity contribution in [2.24, 2.45) is 0 Å². The quantitative estimate of drug-likeness (QED) is 0.323. The summed E-state index contributed by atoms with van der Waals surface area (Å²) in [6, 6.07) is 16.4. The molecule has 0 aliphatic carbocycles. The Bertz CT molecular complexity index is 1190. The molecular formula is C23H20N6. The summed E-state index contributed by atoms with van der Waals surface area (Å²) in [6.45, 7) is 0.958. The van der Waals surface area contributed by atoms with Gasteiger partial charge in [-0.1, -0.05) is 6.08 Å². The Morgan fingerprint density at radius 2 is 1.07 bits per heavy atom. The molecule has 6 nitrogen and oxygen atoms in total. The van der Waals surface area contributed by atoms with Crippen LogP contribution in [-0.4, -0.2) is 26.5 Å². The zero-order chi connectivity index (χ0) is 19.5. The zero-order valence-corrected chi connectivity index (χ0v) is 15.7. The Hall–Kier alpha value is -3.90. The van der Waals surface area contributed by atoms with Crippen molar-refractivity contribution < 1.29 is 0 Å². The van der Waals surface area contributed by atoms with Crippen LogP contribution in [0.25, 0.3) is 46.4 Å². The molecule has 6 heteroatoms. The van der Waals surface area contributed by atoms with Crippen LogP contribution in [0.5, 0.6) is 0 Å². The molecule has 6 rings (SSSR count). The number of aromatic amines is 2. The highest BCUT2D eigenvalue weighted by atomic mass is 15.4. The molecule has 0 fully saturated rings. The Kier molecular flexibility index (Phi) is 4.52. The lowest BCUT2D eigenvalue weighted by atomic mass is 10.3. The fourth-order valence-electron chi connectivity index (χ4n) is 3.24. The van der Waals surface area contributed by atoms with E-state index in [1.165, 1.54) is 0 Å². The third-order valence-corrected chi connectivity index (χ3v) is 4.57. The number of rotatable bonds is 0. The number of hydrazine groups is 1. The van der Waals surface area contributed by atoms with E-state index in [0.29, 0.717) is 0 Å². The zero-order valence-electron chi connectivity index (χ0n) is 15.7. The maximum Gasteiger partial charge on any atom is 0.0659 e. The van der Waals surface area contributed by atoms with Crippen LogP contribution in [0.2, 0.25) is 0 Å². The van der Waals surface area contributed by atoms with Crippen LogP contribution in [0.15, 0.2) is 60.8 Å². The summed E-state index contributed by atoms with van der Waals surface area (Å²) in [7, 11) is 0. The molecule has 3 aliphatic rings. The standard InChI is InChI=1S/C20H14N4.C3H6N2/c1-2-14-10-16-5-6-18(23-16)12-20-8-7-19(24-20)11-17-4-3-15(22-17)9-13(1)21-14;1-2-4-5-3-1/h1-12,21-22H;1-2,4-5H,3H2. The van der Waals surface area contributed by atoms with Gasteiger partial charge in [-0.05, 0) is 72.8 Å². The molecule has 3 aromatic rings. The SMILES string of the molecule is C1=CNNC1.C1=Cc2cc3ccc(cc4ccc(cc5nc(cc1n2)C=C5)[nH]4)[nH]3. The first-order valence-electron chi connectivity index (χ1n) is 9.48. The number of hydrogen-bond donors (Lipinski definition) is 4. The summed E-state index contributed by atoms with van der Waals surface area (Å²) in [5.74, 6) is 0. The molecule has 0 atom stereocenters. The van der Waals surface area contributed by atoms with Crippen LogP contribution in [0.3, 0.4) is 0 Å². The van der Waals surface area contributed by atoms with Crippen LogP contribution in [-0.2, 0) is 0 Å². The molecule has 8 bridgehead atoms. The molecule has 3 aromatic heterocycles. The average Bonchev–Trinajstić information content (AvgIpc) is 3.50. The van der Waals surface area contributed by atoms with Crippen molar-refractivity contribution in [1.82, 2.24) is 30.8 Å². The summed E-state index contributed by atoms with van der Waals surface area (Å²) in [4.78, 5) is 16.0. The van der Waals surface area contributed by atoms with Crippen LogP contribution in [0, 0.1) is 0 Å². The molecule has 3 aliphatic heterocycles. The van der Waals surface area contributed by atoms with Crippen molar-refractivity contribution in [2.75, 3.05) is 6.54 Å². The molecule has 0 spiro atoms. The molecule has 0 aromatic carbocycles. The Morgan fingerprint density at radius 1 is 0.586 bits per heavy atom. The van der Waals surface area contributed by atoms with E-state index in [4.69, 9.17) is 0 Å². The molecule has 0 unspecified atom stereocenters.